The van der Waals surface area contributed by atoms with Crippen molar-refractivity contribution < 1.29 is 4.79 Å². The van der Waals surface area contributed by atoms with E-state index in [4.69, 9.17) is 5.73 Å². The van der Waals surface area contributed by atoms with E-state index >= 15 is 0 Å². The monoisotopic (exact) mass is 232 g/mol. The predicted molar refractivity (Wildman–Crippen MR) is 70.0 cm³/mol. The van der Waals surface area contributed by atoms with E-state index in [1.54, 1.807) is 6.07 Å². The van der Waals surface area contributed by atoms with Crippen molar-refractivity contribution in [2.75, 3.05) is 5.32 Å². The van der Waals surface area contributed by atoms with Gasteiger partial charge in [0.25, 0.3) is 0 Å². The van der Waals surface area contributed by atoms with Gasteiger partial charge in [0.15, 0.2) is 0 Å². The van der Waals surface area contributed by atoms with E-state index < -0.39 is 0 Å². The molecule has 1 fully saturated rings. The van der Waals surface area contributed by atoms with Gasteiger partial charge in [-0.1, -0.05) is 25.8 Å². The zero-order valence-corrected chi connectivity index (χ0v) is 10.3. The second-order valence-electron chi connectivity index (χ2n) is 5.06. The first kappa shape index (κ1) is 12.0. The number of primary amides is 1. The molecular formula is C14H20N2O. The van der Waals surface area contributed by atoms with Crippen LogP contribution in [0.5, 0.6) is 0 Å². The molecule has 0 spiro atoms. The predicted octanol–water partition coefficient (Wildman–Crippen LogP) is 2.78. The van der Waals surface area contributed by atoms with Gasteiger partial charge in [-0.15, -0.1) is 0 Å². The molecule has 2 atom stereocenters. The Kier molecular flexibility index (Phi) is 3.67. The van der Waals surface area contributed by atoms with E-state index in [-0.39, 0.29) is 5.91 Å². The van der Waals surface area contributed by atoms with Gasteiger partial charge >= 0.3 is 0 Å². The SMILES string of the molecule is CC1CCCC(Nc2cccc(C(N)=O)c2)C1. The number of rotatable bonds is 3. The second kappa shape index (κ2) is 5.21. The standard InChI is InChI=1S/C14H20N2O/c1-10-4-2-6-12(8-10)16-13-7-3-5-11(9-13)14(15)17/h3,5,7,9-10,12,16H,2,4,6,8H2,1H3,(H2,15,17). The summed E-state index contributed by atoms with van der Waals surface area (Å²) in [5, 5.41) is 3.50. The van der Waals surface area contributed by atoms with Crippen LogP contribution < -0.4 is 11.1 Å². The smallest absolute Gasteiger partial charge is 0.248 e. The molecule has 1 aliphatic rings. The van der Waals surface area contributed by atoms with Gasteiger partial charge in [0.2, 0.25) is 5.91 Å². The topological polar surface area (TPSA) is 55.1 Å². The van der Waals surface area contributed by atoms with E-state index in [1.807, 2.05) is 18.2 Å². The van der Waals surface area contributed by atoms with E-state index in [0.29, 0.717) is 11.6 Å². The largest absolute Gasteiger partial charge is 0.382 e. The van der Waals surface area contributed by atoms with Crippen LogP contribution >= 0.6 is 0 Å². The minimum atomic E-state index is -0.370. The number of nitrogens with two attached hydrogens (primary N) is 1. The van der Waals surface area contributed by atoms with E-state index in [2.05, 4.69) is 12.2 Å². The first-order valence-corrected chi connectivity index (χ1v) is 6.31. The fourth-order valence-corrected chi connectivity index (χ4v) is 2.56. The Bertz CT molecular complexity index is 403. The van der Waals surface area contributed by atoms with Crippen molar-refractivity contribution in [3.63, 3.8) is 0 Å². The number of hydrogen-bond acceptors (Lipinski definition) is 2. The Morgan fingerprint density at radius 1 is 1.41 bits per heavy atom. The minimum Gasteiger partial charge on any atom is -0.382 e. The summed E-state index contributed by atoms with van der Waals surface area (Å²) >= 11 is 0. The Labute approximate surface area is 102 Å². The minimum absolute atomic E-state index is 0.370. The van der Waals surface area contributed by atoms with Gasteiger partial charge in [-0.25, -0.2) is 0 Å². The highest BCUT2D eigenvalue weighted by molar-refractivity contribution is 5.93. The molecule has 1 saturated carbocycles. The molecule has 3 heteroatoms. The van der Waals surface area contributed by atoms with Crippen LogP contribution in [-0.2, 0) is 0 Å². The van der Waals surface area contributed by atoms with Crippen LogP contribution in [0.4, 0.5) is 5.69 Å². The number of anilines is 1. The lowest BCUT2D eigenvalue weighted by molar-refractivity contribution is 0.100. The maximum Gasteiger partial charge on any atom is 0.248 e. The average Bonchev–Trinajstić information content (AvgIpc) is 2.29. The van der Waals surface area contributed by atoms with Crippen LogP contribution in [0, 0.1) is 5.92 Å². The highest BCUT2D eigenvalue weighted by Crippen LogP contribution is 2.26. The summed E-state index contributed by atoms with van der Waals surface area (Å²) in [7, 11) is 0. The van der Waals surface area contributed by atoms with Crippen molar-refractivity contribution in [3.8, 4) is 0 Å². The average molecular weight is 232 g/mol. The van der Waals surface area contributed by atoms with E-state index in [9.17, 15) is 4.79 Å². The number of benzene rings is 1. The molecule has 3 N–H and O–H groups in total. The molecule has 17 heavy (non-hydrogen) atoms. The van der Waals surface area contributed by atoms with Crippen molar-refractivity contribution >= 4 is 11.6 Å². The molecular weight excluding hydrogens is 212 g/mol. The molecule has 3 nitrogen and oxygen atoms in total. The molecule has 1 aromatic rings. The van der Waals surface area contributed by atoms with Crippen molar-refractivity contribution in [2.45, 2.75) is 38.6 Å². The van der Waals surface area contributed by atoms with Gasteiger partial charge in [0, 0.05) is 17.3 Å². The quantitative estimate of drug-likeness (QED) is 0.842. The summed E-state index contributed by atoms with van der Waals surface area (Å²) in [4.78, 5) is 11.1. The zero-order valence-electron chi connectivity index (χ0n) is 10.3. The fraction of sp³-hybridized carbons (Fsp3) is 0.500. The molecule has 0 radical (unpaired) electrons. The third-order valence-electron chi connectivity index (χ3n) is 3.45. The molecule has 0 aromatic heterocycles. The first-order valence-electron chi connectivity index (χ1n) is 6.31. The van der Waals surface area contributed by atoms with Crippen LogP contribution in [0.1, 0.15) is 43.0 Å². The Balaban J connectivity index is 2.02. The molecule has 0 bridgehead atoms. The molecule has 92 valence electrons. The van der Waals surface area contributed by atoms with Crippen LogP contribution in [0.3, 0.4) is 0 Å². The summed E-state index contributed by atoms with van der Waals surface area (Å²) in [5.41, 5.74) is 6.84. The summed E-state index contributed by atoms with van der Waals surface area (Å²) in [5.74, 6) is 0.422. The highest BCUT2D eigenvalue weighted by atomic mass is 16.1. The normalized spacial score (nSPS) is 24.3. The maximum atomic E-state index is 11.1. The van der Waals surface area contributed by atoms with Crippen LogP contribution in [0.25, 0.3) is 0 Å². The molecule has 0 heterocycles. The lowest BCUT2D eigenvalue weighted by Gasteiger charge is -2.28. The Morgan fingerprint density at radius 3 is 2.94 bits per heavy atom. The second-order valence-corrected chi connectivity index (χ2v) is 5.06. The molecule has 0 saturated heterocycles. The summed E-state index contributed by atoms with van der Waals surface area (Å²) in [6, 6.07) is 7.97. The van der Waals surface area contributed by atoms with Crippen LogP contribution in [0.2, 0.25) is 0 Å². The third-order valence-corrected chi connectivity index (χ3v) is 3.45. The van der Waals surface area contributed by atoms with Gasteiger partial charge in [0.1, 0.15) is 0 Å². The first-order chi connectivity index (χ1) is 8.15. The summed E-state index contributed by atoms with van der Waals surface area (Å²) in [6.45, 7) is 2.30. The van der Waals surface area contributed by atoms with Gasteiger partial charge in [-0.2, -0.15) is 0 Å². The van der Waals surface area contributed by atoms with Crippen LogP contribution in [-0.4, -0.2) is 11.9 Å². The molecule has 1 amide bonds. The maximum absolute atomic E-state index is 11.1. The molecule has 1 aliphatic carbocycles. The van der Waals surface area contributed by atoms with Gasteiger partial charge in [0.05, 0.1) is 0 Å². The van der Waals surface area contributed by atoms with Crippen molar-refractivity contribution in [1.82, 2.24) is 0 Å². The molecule has 1 aromatic carbocycles. The Hall–Kier alpha value is -1.51. The van der Waals surface area contributed by atoms with Crippen molar-refractivity contribution in [2.24, 2.45) is 11.7 Å². The number of amides is 1. The summed E-state index contributed by atoms with van der Waals surface area (Å²) < 4.78 is 0. The molecule has 2 rings (SSSR count). The molecule has 2 unspecified atom stereocenters. The zero-order chi connectivity index (χ0) is 12.3. The number of carbonyl (C=O) groups is 1. The van der Waals surface area contributed by atoms with E-state index in [0.717, 1.165) is 11.6 Å². The van der Waals surface area contributed by atoms with Crippen LogP contribution in [0.15, 0.2) is 24.3 Å². The summed E-state index contributed by atoms with van der Waals surface area (Å²) in [6.07, 6.45) is 5.04. The van der Waals surface area contributed by atoms with Gasteiger partial charge in [-0.05, 0) is 37.0 Å². The van der Waals surface area contributed by atoms with Crippen molar-refractivity contribution in [3.05, 3.63) is 29.8 Å². The highest BCUT2D eigenvalue weighted by Gasteiger charge is 2.18. The fourth-order valence-electron chi connectivity index (χ4n) is 2.56. The lowest BCUT2D eigenvalue weighted by Crippen LogP contribution is -2.26. The third kappa shape index (κ3) is 3.22. The lowest BCUT2D eigenvalue weighted by atomic mass is 9.87. The van der Waals surface area contributed by atoms with Crippen molar-refractivity contribution in [1.29, 1.82) is 0 Å². The number of hydrogen-bond donors (Lipinski definition) is 2. The Morgan fingerprint density at radius 2 is 2.24 bits per heavy atom. The van der Waals surface area contributed by atoms with E-state index in [1.165, 1.54) is 25.7 Å². The van der Waals surface area contributed by atoms with Gasteiger partial charge < -0.3 is 11.1 Å². The molecule has 0 aliphatic heterocycles. The number of nitrogens with one attached hydrogen (secondary N) is 1. The van der Waals surface area contributed by atoms with Gasteiger partial charge in [-0.3, -0.25) is 4.79 Å². The number of carbonyl (C=O) groups excluding carboxylic acids is 1.